The SMILES string of the molecule is O=C(NCCc1nc(-c2ccco2)cs1)Nc1ccccn1. The van der Waals surface area contributed by atoms with E-state index < -0.39 is 0 Å². The van der Waals surface area contributed by atoms with Crippen LogP contribution < -0.4 is 10.6 Å². The number of hydrogen-bond acceptors (Lipinski definition) is 5. The van der Waals surface area contributed by atoms with E-state index in [0.717, 1.165) is 16.5 Å². The average molecular weight is 314 g/mol. The zero-order valence-corrected chi connectivity index (χ0v) is 12.5. The van der Waals surface area contributed by atoms with E-state index in [0.29, 0.717) is 18.8 Å². The first-order chi connectivity index (χ1) is 10.8. The highest BCUT2D eigenvalue weighted by molar-refractivity contribution is 7.09. The van der Waals surface area contributed by atoms with E-state index in [2.05, 4.69) is 20.6 Å². The summed E-state index contributed by atoms with van der Waals surface area (Å²) in [6, 6.07) is 8.77. The van der Waals surface area contributed by atoms with Crippen LogP contribution in [0.4, 0.5) is 10.6 Å². The van der Waals surface area contributed by atoms with E-state index in [-0.39, 0.29) is 6.03 Å². The van der Waals surface area contributed by atoms with Crippen molar-refractivity contribution in [3.05, 3.63) is 53.2 Å². The van der Waals surface area contributed by atoms with Crippen LogP contribution in [-0.2, 0) is 6.42 Å². The third-order valence-corrected chi connectivity index (χ3v) is 3.76. The molecular weight excluding hydrogens is 300 g/mol. The van der Waals surface area contributed by atoms with Crippen molar-refractivity contribution in [2.75, 3.05) is 11.9 Å². The minimum Gasteiger partial charge on any atom is -0.463 e. The zero-order valence-electron chi connectivity index (χ0n) is 11.7. The van der Waals surface area contributed by atoms with Gasteiger partial charge in [0, 0.05) is 24.5 Å². The maximum atomic E-state index is 11.7. The summed E-state index contributed by atoms with van der Waals surface area (Å²) in [6.07, 6.45) is 3.92. The molecule has 3 rings (SSSR count). The molecule has 0 atom stereocenters. The molecule has 0 saturated heterocycles. The lowest BCUT2D eigenvalue weighted by molar-refractivity contribution is 0.252. The van der Waals surface area contributed by atoms with Crippen LogP contribution in [0.1, 0.15) is 5.01 Å². The number of furan rings is 1. The van der Waals surface area contributed by atoms with Gasteiger partial charge in [-0.2, -0.15) is 0 Å². The van der Waals surface area contributed by atoms with Crippen LogP contribution in [0.2, 0.25) is 0 Å². The summed E-state index contributed by atoms with van der Waals surface area (Å²) >= 11 is 1.55. The Labute approximate surface area is 131 Å². The largest absolute Gasteiger partial charge is 0.463 e. The van der Waals surface area contributed by atoms with Gasteiger partial charge in [0.25, 0.3) is 0 Å². The minimum absolute atomic E-state index is 0.276. The third-order valence-electron chi connectivity index (χ3n) is 2.86. The van der Waals surface area contributed by atoms with Gasteiger partial charge in [-0.15, -0.1) is 11.3 Å². The summed E-state index contributed by atoms with van der Waals surface area (Å²) in [6.45, 7) is 0.504. The van der Waals surface area contributed by atoms with Crippen LogP contribution >= 0.6 is 11.3 Å². The Morgan fingerprint density at radius 2 is 2.23 bits per heavy atom. The van der Waals surface area contributed by atoms with Crippen molar-refractivity contribution < 1.29 is 9.21 Å². The normalized spacial score (nSPS) is 10.4. The first-order valence-electron chi connectivity index (χ1n) is 6.75. The van der Waals surface area contributed by atoms with Gasteiger partial charge in [-0.25, -0.2) is 14.8 Å². The van der Waals surface area contributed by atoms with Gasteiger partial charge in [-0.05, 0) is 24.3 Å². The predicted molar refractivity (Wildman–Crippen MR) is 84.8 cm³/mol. The van der Waals surface area contributed by atoms with E-state index in [1.165, 1.54) is 0 Å². The van der Waals surface area contributed by atoms with Crippen molar-refractivity contribution >= 4 is 23.2 Å². The second-order valence-electron chi connectivity index (χ2n) is 4.45. The molecule has 2 N–H and O–H groups in total. The van der Waals surface area contributed by atoms with Crippen molar-refractivity contribution in [3.8, 4) is 11.5 Å². The molecule has 2 amide bonds. The molecular formula is C15H14N4O2S. The number of rotatable bonds is 5. The van der Waals surface area contributed by atoms with Crippen molar-refractivity contribution in [3.63, 3.8) is 0 Å². The van der Waals surface area contributed by atoms with E-state index >= 15 is 0 Å². The first-order valence-corrected chi connectivity index (χ1v) is 7.63. The quantitative estimate of drug-likeness (QED) is 0.758. The number of urea groups is 1. The Balaban J connectivity index is 1.46. The molecule has 0 unspecified atom stereocenters. The Bertz CT molecular complexity index is 725. The van der Waals surface area contributed by atoms with Gasteiger partial charge < -0.3 is 9.73 Å². The van der Waals surface area contributed by atoms with E-state index in [9.17, 15) is 4.79 Å². The van der Waals surface area contributed by atoms with E-state index in [1.54, 1.807) is 35.9 Å². The molecule has 112 valence electrons. The molecule has 0 aliphatic carbocycles. The van der Waals surface area contributed by atoms with Crippen molar-refractivity contribution in [1.29, 1.82) is 0 Å². The third kappa shape index (κ3) is 3.70. The number of thiazole rings is 1. The molecule has 0 saturated carbocycles. The Morgan fingerprint density at radius 1 is 1.27 bits per heavy atom. The highest BCUT2D eigenvalue weighted by atomic mass is 32.1. The lowest BCUT2D eigenvalue weighted by Crippen LogP contribution is -2.30. The summed E-state index contributed by atoms with van der Waals surface area (Å²) in [5, 5.41) is 8.33. The molecule has 0 aliphatic rings. The van der Waals surface area contributed by atoms with E-state index in [4.69, 9.17) is 4.42 Å². The van der Waals surface area contributed by atoms with Gasteiger partial charge in [0.1, 0.15) is 11.5 Å². The summed E-state index contributed by atoms with van der Waals surface area (Å²) in [5.41, 5.74) is 0.822. The molecule has 3 aromatic heterocycles. The number of carbonyl (C=O) groups excluding carboxylic acids is 1. The molecule has 0 fully saturated rings. The summed E-state index contributed by atoms with van der Waals surface area (Å²) in [4.78, 5) is 20.2. The molecule has 0 aliphatic heterocycles. The number of amides is 2. The van der Waals surface area contributed by atoms with Gasteiger partial charge in [-0.3, -0.25) is 5.32 Å². The van der Waals surface area contributed by atoms with Crippen LogP contribution in [0.3, 0.4) is 0 Å². The van der Waals surface area contributed by atoms with Gasteiger partial charge in [0.05, 0.1) is 11.3 Å². The second kappa shape index (κ2) is 6.86. The molecule has 0 bridgehead atoms. The molecule has 22 heavy (non-hydrogen) atoms. The molecule has 3 heterocycles. The lowest BCUT2D eigenvalue weighted by Gasteiger charge is -2.05. The van der Waals surface area contributed by atoms with Crippen molar-refractivity contribution in [2.45, 2.75) is 6.42 Å². The maximum absolute atomic E-state index is 11.7. The van der Waals surface area contributed by atoms with Crippen LogP contribution in [0.15, 0.2) is 52.6 Å². The van der Waals surface area contributed by atoms with Gasteiger partial charge in [0.15, 0.2) is 5.76 Å². The summed E-state index contributed by atoms with van der Waals surface area (Å²) in [7, 11) is 0. The Kier molecular flexibility index (Phi) is 4.45. The topological polar surface area (TPSA) is 80.0 Å². The number of nitrogens with one attached hydrogen (secondary N) is 2. The summed E-state index contributed by atoms with van der Waals surface area (Å²) < 4.78 is 5.30. The summed E-state index contributed by atoms with van der Waals surface area (Å²) in [5.74, 6) is 1.28. The number of carbonyl (C=O) groups is 1. The van der Waals surface area contributed by atoms with Crippen LogP contribution in [0.25, 0.3) is 11.5 Å². The van der Waals surface area contributed by atoms with Gasteiger partial charge >= 0.3 is 6.03 Å². The van der Waals surface area contributed by atoms with Crippen LogP contribution in [0.5, 0.6) is 0 Å². The van der Waals surface area contributed by atoms with Crippen molar-refractivity contribution in [1.82, 2.24) is 15.3 Å². The first kappa shape index (κ1) is 14.3. The number of anilines is 1. The van der Waals surface area contributed by atoms with Crippen molar-refractivity contribution in [2.24, 2.45) is 0 Å². The van der Waals surface area contributed by atoms with Gasteiger partial charge in [0.2, 0.25) is 0 Å². The number of aromatic nitrogens is 2. The molecule has 7 heteroatoms. The van der Waals surface area contributed by atoms with Crippen LogP contribution in [0, 0.1) is 0 Å². The van der Waals surface area contributed by atoms with Crippen LogP contribution in [-0.4, -0.2) is 22.5 Å². The number of hydrogen-bond donors (Lipinski definition) is 2. The Morgan fingerprint density at radius 3 is 3.00 bits per heavy atom. The fraction of sp³-hybridized carbons (Fsp3) is 0.133. The molecule has 6 nitrogen and oxygen atoms in total. The monoisotopic (exact) mass is 314 g/mol. The fourth-order valence-electron chi connectivity index (χ4n) is 1.84. The smallest absolute Gasteiger partial charge is 0.320 e. The molecule has 0 spiro atoms. The molecule has 0 radical (unpaired) electrons. The zero-order chi connectivity index (χ0) is 15.2. The highest BCUT2D eigenvalue weighted by Crippen LogP contribution is 2.22. The highest BCUT2D eigenvalue weighted by Gasteiger charge is 2.07. The van der Waals surface area contributed by atoms with Gasteiger partial charge in [-0.1, -0.05) is 6.07 Å². The number of pyridine rings is 1. The average Bonchev–Trinajstić information content (AvgIpc) is 3.19. The molecule has 0 aromatic carbocycles. The minimum atomic E-state index is -0.276. The maximum Gasteiger partial charge on any atom is 0.320 e. The Hall–Kier alpha value is -2.67. The second-order valence-corrected chi connectivity index (χ2v) is 5.39. The standard InChI is InChI=1S/C15H14N4O2S/c20-15(19-13-5-1-2-7-16-13)17-8-6-14-18-11(10-22-14)12-4-3-9-21-12/h1-5,7,9-10H,6,8H2,(H2,16,17,19,20). The predicted octanol–water partition coefficient (Wildman–Crippen LogP) is 3.16. The molecule has 3 aromatic rings. The van der Waals surface area contributed by atoms with E-state index in [1.807, 2.05) is 23.6 Å². The lowest BCUT2D eigenvalue weighted by atomic mass is 10.3. The fourth-order valence-corrected chi connectivity index (χ4v) is 2.63. The number of nitrogens with zero attached hydrogens (tertiary/aromatic N) is 2.